The number of carbonyl (C=O) groups excluding carboxylic acids is 3. The van der Waals surface area contributed by atoms with Crippen molar-refractivity contribution in [1.29, 1.82) is 0 Å². The molecular weight excluding hydrogens is 350 g/mol. The zero-order valence-electron chi connectivity index (χ0n) is 15.9. The Labute approximate surface area is 159 Å². The lowest BCUT2D eigenvalue weighted by Gasteiger charge is -2.26. The van der Waals surface area contributed by atoms with E-state index in [2.05, 4.69) is 9.78 Å². The smallest absolute Gasteiger partial charge is 0.309 e. The van der Waals surface area contributed by atoms with Gasteiger partial charge in [0.2, 0.25) is 5.91 Å². The van der Waals surface area contributed by atoms with Gasteiger partial charge in [0.1, 0.15) is 0 Å². The van der Waals surface area contributed by atoms with Gasteiger partial charge in [-0.2, -0.15) is 0 Å². The highest BCUT2D eigenvalue weighted by Gasteiger charge is 2.32. The predicted octanol–water partition coefficient (Wildman–Crippen LogP) is 2.01. The predicted molar refractivity (Wildman–Crippen MR) is 98.2 cm³/mol. The Balaban J connectivity index is 1.73. The molecule has 0 unspecified atom stereocenters. The molecule has 0 N–H and O–H groups in total. The molecule has 8 nitrogen and oxygen atoms in total. The summed E-state index contributed by atoms with van der Waals surface area (Å²) in [5.41, 5.74) is 0.995. The van der Waals surface area contributed by atoms with Crippen molar-refractivity contribution in [2.75, 3.05) is 33.7 Å². The Kier molecular flexibility index (Phi) is 8.06. The summed E-state index contributed by atoms with van der Waals surface area (Å²) in [6, 6.07) is 9.48. The molecule has 2 amide bonds. The van der Waals surface area contributed by atoms with Crippen LogP contribution in [0, 0.1) is 0 Å². The minimum atomic E-state index is -0.846. The van der Waals surface area contributed by atoms with E-state index in [-0.39, 0.29) is 12.3 Å². The van der Waals surface area contributed by atoms with E-state index in [4.69, 9.17) is 0 Å². The van der Waals surface area contributed by atoms with Crippen molar-refractivity contribution in [3.8, 4) is 0 Å². The third-order valence-corrected chi connectivity index (χ3v) is 4.19. The Morgan fingerprint density at radius 1 is 1.00 bits per heavy atom. The molecule has 1 saturated heterocycles. The molecule has 0 saturated carbocycles. The first kappa shape index (κ1) is 20.7. The van der Waals surface area contributed by atoms with Gasteiger partial charge in [0, 0.05) is 19.5 Å². The van der Waals surface area contributed by atoms with Gasteiger partial charge in [-0.05, 0) is 45.5 Å². The largest absolute Gasteiger partial charge is 0.471 e. The van der Waals surface area contributed by atoms with E-state index in [0.717, 1.165) is 12.1 Å². The van der Waals surface area contributed by atoms with Gasteiger partial charge in [-0.15, -0.1) is 0 Å². The van der Waals surface area contributed by atoms with E-state index in [1.807, 2.05) is 49.3 Å². The molecule has 148 valence electrons. The van der Waals surface area contributed by atoms with Crippen molar-refractivity contribution in [2.24, 2.45) is 0 Å². The summed E-state index contributed by atoms with van der Waals surface area (Å²) in [5, 5.41) is 2.57. The van der Waals surface area contributed by atoms with Gasteiger partial charge < -0.3 is 4.90 Å². The van der Waals surface area contributed by atoms with Gasteiger partial charge in [0.05, 0.1) is 6.42 Å². The van der Waals surface area contributed by atoms with Gasteiger partial charge in [-0.1, -0.05) is 30.3 Å². The molecule has 0 atom stereocenters. The molecule has 1 fully saturated rings. The van der Waals surface area contributed by atoms with Crippen molar-refractivity contribution in [3.63, 3.8) is 0 Å². The normalized spacial score (nSPS) is 13.7. The standard InChI is InChI=1S/C19H27N3O5/c1-20(2)13-6-10-17(23)21-14-7-15-22(21)19(25)27-26-18(24)12-11-16-8-4-3-5-9-16/h3-5,8-9H,6-7,10-15H2,1-2H3. The lowest BCUT2D eigenvalue weighted by molar-refractivity contribution is -0.241. The number of amides is 2. The number of hydrogen-bond donors (Lipinski definition) is 0. The summed E-state index contributed by atoms with van der Waals surface area (Å²) in [6.45, 7) is 1.61. The van der Waals surface area contributed by atoms with Crippen LogP contribution in [0.5, 0.6) is 0 Å². The highest BCUT2D eigenvalue weighted by atomic mass is 17.2. The number of hydrogen-bond acceptors (Lipinski definition) is 6. The molecule has 0 aromatic heterocycles. The molecule has 8 heteroatoms. The van der Waals surface area contributed by atoms with Crippen LogP contribution < -0.4 is 0 Å². The first-order valence-electron chi connectivity index (χ1n) is 9.15. The average molecular weight is 377 g/mol. The van der Waals surface area contributed by atoms with Gasteiger partial charge in [-0.3, -0.25) is 4.79 Å². The van der Waals surface area contributed by atoms with E-state index in [1.54, 1.807) is 0 Å². The Morgan fingerprint density at radius 2 is 1.70 bits per heavy atom. The SMILES string of the molecule is CN(C)CCCC(=O)N1CCCN1C(=O)OOC(=O)CCc1ccccc1. The second-order valence-corrected chi connectivity index (χ2v) is 6.69. The van der Waals surface area contributed by atoms with Crippen molar-refractivity contribution >= 4 is 18.0 Å². The molecule has 1 heterocycles. The number of rotatable bonds is 7. The highest BCUT2D eigenvalue weighted by molar-refractivity contribution is 5.80. The summed E-state index contributed by atoms with van der Waals surface area (Å²) in [7, 11) is 3.88. The summed E-state index contributed by atoms with van der Waals surface area (Å²) in [4.78, 5) is 47.4. The molecule has 0 bridgehead atoms. The Hall–Kier alpha value is -2.61. The third kappa shape index (κ3) is 6.90. The first-order valence-corrected chi connectivity index (χ1v) is 9.15. The van der Waals surface area contributed by atoms with Gasteiger partial charge in [0.25, 0.3) is 0 Å². The molecule has 0 spiro atoms. The number of nitrogens with zero attached hydrogens (tertiary/aromatic N) is 3. The Bertz CT molecular complexity index is 635. The van der Waals surface area contributed by atoms with Crippen LogP contribution in [0.4, 0.5) is 4.79 Å². The van der Waals surface area contributed by atoms with Crippen LogP contribution in [0.25, 0.3) is 0 Å². The molecule has 0 radical (unpaired) electrons. The van der Waals surface area contributed by atoms with Crippen LogP contribution in [0.15, 0.2) is 30.3 Å². The lowest BCUT2D eigenvalue weighted by Crippen LogP contribution is -2.45. The number of aryl methyl sites for hydroxylation is 1. The molecular formula is C19H27N3O5. The lowest BCUT2D eigenvalue weighted by atomic mass is 10.1. The van der Waals surface area contributed by atoms with Crippen LogP contribution in [-0.4, -0.2) is 66.6 Å². The van der Waals surface area contributed by atoms with E-state index >= 15 is 0 Å². The summed E-state index contributed by atoms with van der Waals surface area (Å²) in [6.07, 6.45) is 1.47. The van der Waals surface area contributed by atoms with Crippen molar-refractivity contribution in [1.82, 2.24) is 14.9 Å². The summed E-state index contributed by atoms with van der Waals surface area (Å²) in [5.74, 6) is -0.767. The van der Waals surface area contributed by atoms with Crippen molar-refractivity contribution < 1.29 is 24.2 Å². The van der Waals surface area contributed by atoms with Crippen LogP contribution in [-0.2, 0) is 25.8 Å². The van der Waals surface area contributed by atoms with Gasteiger partial charge in [-0.25, -0.2) is 29.4 Å². The summed E-state index contributed by atoms with van der Waals surface area (Å²) >= 11 is 0. The maximum absolute atomic E-state index is 12.3. The average Bonchev–Trinajstić information content (AvgIpc) is 3.15. The highest BCUT2D eigenvalue weighted by Crippen LogP contribution is 2.15. The van der Waals surface area contributed by atoms with Gasteiger partial charge in [0.15, 0.2) is 0 Å². The fourth-order valence-electron chi connectivity index (χ4n) is 2.79. The van der Waals surface area contributed by atoms with Crippen LogP contribution >= 0.6 is 0 Å². The van der Waals surface area contributed by atoms with Crippen LogP contribution in [0.2, 0.25) is 0 Å². The molecule has 2 rings (SSSR count). The third-order valence-electron chi connectivity index (χ3n) is 4.19. The molecule has 1 aromatic carbocycles. The number of hydrazine groups is 1. The van der Waals surface area contributed by atoms with Crippen molar-refractivity contribution in [3.05, 3.63) is 35.9 Å². The van der Waals surface area contributed by atoms with Crippen molar-refractivity contribution in [2.45, 2.75) is 32.1 Å². The quantitative estimate of drug-likeness (QED) is 0.534. The minimum Gasteiger partial charge on any atom is -0.309 e. The molecule has 1 aromatic rings. The number of carbonyl (C=O) groups is 3. The summed E-state index contributed by atoms with van der Waals surface area (Å²) < 4.78 is 0. The minimum absolute atomic E-state index is 0.102. The van der Waals surface area contributed by atoms with Gasteiger partial charge >= 0.3 is 12.1 Å². The molecule has 27 heavy (non-hydrogen) atoms. The molecule has 1 aliphatic heterocycles. The zero-order valence-corrected chi connectivity index (χ0v) is 15.9. The van der Waals surface area contributed by atoms with E-state index in [1.165, 1.54) is 10.0 Å². The van der Waals surface area contributed by atoms with Crippen LogP contribution in [0.3, 0.4) is 0 Å². The Morgan fingerprint density at radius 3 is 2.41 bits per heavy atom. The molecule has 0 aliphatic carbocycles. The maximum atomic E-state index is 12.3. The van der Waals surface area contributed by atoms with Crippen LogP contribution in [0.1, 0.15) is 31.2 Å². The van der Waals surface area contributed by atoms with E-state index in [9.17, 15) is 14.4 Å². The second kappa shape index (κ2) is 10.5. The first-order chi connectivity index (χ1) is 13.0. The molecule has 1 aliphatic rings. The number of benzene rings is 1. The van der Waals surface area contributed by atoms with E-state index in [0.29, 0.717) is 38.8 Å². The monoisotopic (exact) mass is 377 g/mol. The van der Waals surface area contributed by atoms with E-state index < -0.39 is 12.1 Å². The zero-order chi connectivity index (χ0) is 19.6. The maximum Gasteiger partial charge on any atom is 0.471 e. The topological polar surface area (TPSA) is 79.4 Å². The fraction of sp³-hybridized carbons (Fsp3) is 0.526. The fourth-order valence-corrected chi connectivity index (χ4v) is 2.79. The second-order valence-electron chi connectivity index (χ2n) is 6.69.